The van der Waals surface area contributed by atoms with Crippen LogP contribution in [0.2, 0.25) is 0 Å². The number of rotatable bonds is 15. The van der Waals surface area contributed by atoms with E-state index in [-0.39, 0.29) is 25.6 Å². The minimum Gasteiger partial charge on any atom is -0.467 e. The summed E-state index contributed by atoms with van der Waals surface area (Å²) < 4.78 is 15.7. The van der Waals surface area contributed by atoms with Crippen molar-refractivity contribution in [3.8, 4) is 0 Å². The number of unbranched alkanes of at least 4 members (excludes halogenated alkanes) is 2. The molecule has 1 aliphatic rings. The lowest BCUT2D eigenvalue weighted by Gasteiger charge is -2.48. The molecule has 54 heavy (non-hydrogen) atoms. The van der Waals surface area contributed by atoms with E-state index in [0.717, 1.165) is 40.9 Å². The maximum atomic E-state index is 14.2. The summed E-state index contributed by atoms with van der Waals surface area (Å²) in [6.07, 6.45) is 1.98. The predicted octanol–water partition coefficient (Wildman–Crippen LogP) is 6.26. The summed E-state index contributed by atoms with van der Waals surface area (Å²) in [4.78, 5) is 88.0. The quantitative estimate of drug-likeness (QED) is 0.0782. The molecule has 0 saturated carbocycles. The Hall–Kier alpha value is -5.99. The Morgan fingerprint density at radius 1 is 0.815 bits per heavy atom. The third-order valence-corrected chi connectivity index (χ3v) is 8.81. The van der Waals surface area contributed by atoms with Gasteiger partial charge in [0.15, 0.2) is 6.04 Å². The van der Waals surface area contributed by atoms with E-state index >= 15 is 0 Å². The first kappa shape index (κ1) is 40.8. The van der Waals surface area contributed by atoms with Gasteiger partial charge in [0.25, 0.3) is 5.91 Å². The van der Waals surface area contributed by atoms with Gasteiger partial charge in [-0.25, -0.2) is 33.9 Å². The number of imide groups is 2. The first-order valence-electron chi connectivity index (χ1n) is 18.0. The second kappa shape index (κ2) is 19.7. The SMILES string of the molecule is CCCCOC(=O)N(C(=O)OCCCC)c1cc(CN(C(=O)N[C@H](C)c2ccccc2)[C@H]2C(=O)N(C(=O)N[C@H](C)c3ccccc3)[C@@H]2C(=O)OC)ccn1. The third kappa shape index (κ3) is 10.1. The lowest BCUT2D eigenvalue weighted by Crippen LogP contribution is -2.76. The summed E-state index contributed by atoms with van der Waals surface area (Å²) in [6.45, 7) is 7.15. The zero-order valence-electron chi connectivity index (χ0n) is 31.2. The third-order valence-electron chi connectivity index (χ3n) is 8.81. The van der Waals surface area contributed by atoms with Gasteiger partial charge in [0.2, 0.25) is 0 Å². The molecule has 4 rings (SSSR count). The van der Waals surface area contributed by atoms with Crippen molar-refractivity contribution in [2.45, 2.75) is 84.1 Å². The summed E-state index contributed by atoms with van der Waals surface area (Å²) in [6, 6.07) is 15.5. The maximum absolute atomic E-state index is 14.2. The fourth-order valence-electron chi connectivity index (χ4n) is 5.70. The number of amides is 7. The highest BCUT2D eigenvalue weighted by atomic mass is 16.6. The van der Waals surface area contributed by atoms with E-state index in [2.05, 4.69) is 15.6 Å². The highest BCUT2D eigenvalue weighted by Gasteiger charge is 2.59. The van der Waals surface area contributed by atoms with Gasteiger partial charge in [0.05, 0.1) is 32.4 Å². The minimum atomic E-state index is -1.50. The molecule has 15 nitrogen and oxygen atoms in total. The van der Waals surface area contributed by atoms with E-state index in [1.807, 2.05) is 74.5 Å². The molecule has 288 valence electrons. The number of hydrogen-bond acceptors (Lipinski definition) is 10. The number of benzene rings is 2. The zero-order chi connectivity index (χ0) is 39.2. The zero-order valence-corrected chi connectivity index (χ0v) is 31.2. The van der Waals surface area contributed by atoms with Crippen LogP contribution in [0, 0.1) is 0 Å². The topological polar surface area (TPSA) is 177 Å². The summed E-state index contributed by atoms with van der Waals surface area (Å²) in [5.74, 6) is -1.88. The lowest BCUT2D eigenvalue weighted by molar-refractivity contribution is -0.168. The Morgan fingerprint density at radius 2 is 1.35 bits per heavy atom. The van der Waals surface area contributed by atoms with Crippen LogP contribution in [-0.4, -0.2) is 83.3 Å². The Morgan fingerprint density at radius 3 is 1.87 bits per heavy atom. The van der Waals surface area contributed by atoms with Crippen molar-refractivity contribution in [3.05, 3.63) is 95.7 Å². The molecule has 1 aromatic heterocycles. The van der Waals surface area contributed by atoms with Crippen molar-refractivity contribution in [1.29, 1.82) is 0 Å². The van der Waals surface area contributed by atoms with Gasteiger partial charge < -0.3 is 29.7 Å². The van der Waals surface area contributed by atoms with E-state index in [0.29, 0.717) is 23.3 Å². The smallest absolute Gasteiger partial charge is 0.425 e. The van der Waals surface area contributed by atoms with Crippen molar-refractivity contribution in [2.75, 3.05) is 25.2 Å². The Kier molecular flexibility index (Phi) is 14.9. The van der Waals surface area contributed by atoms with Crippen LogP contribution >= 0.6 is 0 Å². The highest BCUT2D eigenvalue weighted by molar-refractivity contribution is 6.11. The van der Waals surface area contributed by atoms with E-state index < -0.39 is 60.3 Å². The standard InChI is InChI=1S/C39H48N6O9/c1-6-8-22-53-38(50)44(39(51)54-23-9-7-2)31-24-28(20-21-40-31)25-43(36(48)41-26(3)29-16-12-10-13-17-29)32-33(35(47)52-5)45(34(32)46)37(49)42-27(4)30-18-14-11-15-19-30/h10-21,24,26-27,32-33H,6-9,22-23,25H2,1-5H3,(H,41,48)(H,42,49)/t26-,27-,32-,33+/m1/s1. The summed E-state index contributed by atoms with van der Waals surface area (Å²) in [5.41, 5.74) is 1.87. The van der Waals surface area contributed by atoms with E-state index in [9.17, 15) is 28.8 Å². The molecule has 2 aromatic carbocycles. The van der Waals surface area contributed by atoms with Gasteiger partial charge in [-0.1, -0.05) is 87.4 Å². The summed E-state index contributed by atoms with van der Waals surface area (Å²) >= 11 is 0. The Balaban J connectivity index is 1.68. The molecular formula is C39H48N6O9. The number of hydrogen-bond donors (Lipinski definition) is 2. The molecular weight excluding hydrogens is 696 g/mol. The van der Waals surface area contributed by atoms with Crippen LogP contribution in [-0.2, 0) is 30.3 Å². The monoisotopic (exact) mass is 744 g/mol. The molecule has 1 fully saturated rings. The fourth-order valence-corrected chi connectivity index (χ4v) is 5.70. The number of aromatic nitrogens is 1. The van der Waals surface area contributed by atoms with E-state index in [1.54, 1.807) is 13.8 Å². The fraction of sp³-hybridized carbons (Fsp3) is 0.410. The molecule has 0 unspecified atom stereocenters. The second-order valence-electron chi connectivity index (χ2n) is 12.7. The number of pyridine rings is 1. The van der Waals surface area contributed by atoms with Crippen molar-refractivity contribution < 1.29 is 43.0 Å². The van der Waals surface area contributed by atoms with Crippen LogP contribution < -0.4 is 15.5 Å². The van der Waals surface area contributed by atoms with Crippen molar-refractivity contribution in [2.24, 2.45) is 0 Å². The normalized spacial score (nSPS) is 15.9. The number of anilines is 1. The number of methoxy groups -OCH3 is 1. The van der Waals surface area contributed by atoms with Crippen LogP contribution in [0.15, 0.2) is 79.0 Å². The number of β-lactam (4-membered cyclic amide) rings is 1. The lowest BCUT2D eigenvalue weighted by atomic mass is 9.93. The van der Waals surface area contributed by atoms with E-state index in [1.165, 1.54) is 18.3 Å². The van der Waals surface area contributed by atoms with Crippen LogP contribution in [0.25, 0.3) is 0 Å². The van der Waals surface area contributed by atoms with Crippen molar-refractivity contribution in [1.82, 2.24) is 25.4 Å². The number of urea groups is 2. The summed E-state index contributed by atoms with van der Waals surface area (Å²) in [7, 11) is 1.12. The van der Waals surface area contributed by atoms with Gasteiger partial charge >= 0.3 is 30.2 Å². The molecule has 0 radical (unpaired) electrons. The number of nitrogens with one attached hydrogen (secondary N) is 2. The predicted molar refractivity (Wildman–Crippen MR) is 198 cm³/mol. The number of likely N-dealkylation sites (tertiary alicyclic amines) is 1. The number of nitrogens with zero attached hydrogens (tertiary/aromatic N) is 4. The van der Waals surface area contributed by atoms with Crippen LogP contribution in [0.3, 0.4) is 0 Å². The van der Waals surface area contributed by atoms with Gasteiger partial charge in [-0.3, -0.25) is 4.79 Å². The van der Waals surface area contributed by atoms with Crippen molar-refractivity contribution >= 4 is 41.9 Å². The molecule has 3 aromatic rings. The number of carbonyl (C=O) groups is 6. The van der Waals surface area contributed by atoms with Gasteiger partial charge in [0, 0.05) is 12.7 Å². The van der Waals surface area contributed by atoms with Gasteiger partial charge in [-0.15, -0.1) is 0 Å². The first-order valence-corrected chi connectivity index (χ1v) is 18.0. The molecule has 4 atom stereocenters. The van der Waals surface area contributed by atoms with Gasteiger partial charge in [-0.05, 0) is 55.5 Å². The van der Waals surface area contributed by atoms with Crippen LogP contribution in [0.5, 0.6) is 0 Å². The van der Waals surface area contributed by atoms with Gasteiger partial charge in [-0.2, -0.15) is 4.90 Å². The Labute approximate surface area is 314 Å². The highest BCUT2D eigenvalue weighted by Crippen LogP contribution is 2.30. The molecule has 1 saturated heterocycles. The van der Waals surface area contributed by atoms with Crippen molar-refractivity contribution in [3.63, 3.8) is 0 Å². The molecule has 15 heteroatoms. The Bertz CT molecular complexity index is 1740. The first-order chi connectivity index (χ1) is 26.0. The van der Waals surface area contributed by atoms with Crippen LogP contribution in [0.4, 0.5) is 25.0 Å². The average Bonchev–Trinajstić information content (AvgIpc) is 3.17. The molecule has 7 amide bonds. The number of ether oxygens (including phenoxy) is 3. The minimum absolute atomic E-state index is 0.0637. The molecule has 2 N–H and O–H groups in total. The number of esters is 1. The molecule has 0 spiro atoms. The molecule has 2 heterocycles. The largest absolute Gasteiger partial charge is 0.467 e. The molecule has 0 aliphatic carbocycles. The molecule has 1 aliphatic heterocycles. The maximum Gasteiger partial charge on any atom is 0.425 e. The average molecular weight is 745 g/mol. The second-order valence-corrected chi connectivity index (χ2v) is 12.7. The van der Waals surface area contributed by atoms with Crippen LogP contribution in [0.1, 0.15) is 82.2 Å². The van der Waals surface area contributed by atoms with Gasteiger partial charge in [0.1, 0.15) is 11.9 Å². The summed E-state index contributed by atoms with van der Waals surface area (Å²) in [5, 5.41) is 5.63. The number of carbonyl (C=O) groups excluding carboxylic acids is 6. The van der Waals surface area contributed by atoms with E-state index in [4.69, 9.17) is 14.2 Å². The molecule has 0 bridgehead atoms.